The second-order valence-electron chi connectivity index (χ2n) is 2.48. The minimum Gasteiger partial charge on any atom is -0.330 e. The Morgan fingerprint density at radius 3 is 2.60 bits per heavy atom. The van der Waals surface area contributed by atoms with E-state index in [0.29, 0.717) is 12.6 Å². The van der Waals surface area contributed by atoms with Gasteiger partial charge in [-0.25, -0.2) is 0 Å². The number of hydrogen-bond donors (Lipinski definition) is 2. The Morgan fingerprint density at radius 2 is 2.10 bits per heavy atom. The molecule has 1 atom stereocenters. The Labute approximate surface area is 63.3 Å². The molecule has 0 aliphatic carbocycles. The molecule has 0 amide bonds. The van der Waals surface area contributed by atoms with Crippen molar-refractivity contribution < 1.29 is 0 Å². The minimum absolute atomic E-state index is 0.293. The van der Waals surface area contributed by atoms with E-state index in [0.717, 1.165) is 19.3 Å². The van der Waals surface area contributed by atoms with Gasteiger partial charge in [0.25, 0.3) is 0 Å². The first-order valence-electron chi connectivity index (χ1n) is 3.88. The highest BCUT2D eigenvalue weighted by atomic mass is 14.6. The number of hydrogen-bond acceptors (Lipinski definition) is 2. The molecule has 0 aliphatic heterocycles. The fourth-order valence-electron chi connectivity index (χ4n) is 0.835. The molecule has 0 heterocycles. The zero-order valence-corrected chi connectivity index (χ0v) is 6.72. The highest BCUT2D eigenvalue weighted by molar-refractivity contribution is 4.78. The fourth-order valence-corrected chi connectivity index (χ4v) is 0.835. The summed E-state index contributed by atoms with van der Waals surface area (Å²) in [5.74, 6) is 0. The highest BCUT2D eigenvalue weighted by Gasteiger charge is 1.97. The molecule has 2 nitrogen and oxygen atoms in total. The van der Waals surface area contributed by atoms with E-state index < -0.39 is 0 Å². The van der Waals surface area contributed by atoms with Crippen LogP contribution in [0.15, 0.2) is 12.2 Å². The summed E-state index contributed by atoms with van der Waals surface area (Å²) in [6.07, 6.45) is 7.27. The summed E-state index contributed by atoms with van der Waals surface area (Å²) in [6.45, 7) is 2.73. The van der Waals surface area contributed by atoms with E-state index in [9.17, 15) is 0 Å². The Hall–Kier alpha value is -0.340. The van der Waals surface area contributed by atoms with E-state index in [2.05, 4.69) is 12.2 Å². The first kappa shape index (κ1) is 9.66. The van der Waals surface area contributed by atoms with Gasteiger partial charge in [0, 0.05) is 6.04 Å². The third-order valence-electron chi connectivity index (χ3n) is 1.48. The van der Waals surface area contributed by atoms with Crippen molar-refractivity contribution in [2.24, 2.45) is 11.5 Å². The van der Waals surface area contributed by atoms with E-state index in [1.165, 1.54) is 0 Å². The molecular weight excluding hydrogens is 124 g/mol. The molecule has 0 aromatic heterocycles. The van der Waals surface area contributed by atoms with Crippen LogP contribution < -0.4 is 11.5 Å². The molecule has 0 aromatic carbocycles. The van der Waals surface area contributed by atoms with E-state index in [-0.39, 0.29) is 0 Å². The summed E-state index contributed by atoms with van der Waals surface area (Å²) in [7, 11) is 0. The molecule has 4 N–H and O–H groups in total. The van der Waals surface area contributed by atoms with Crippen molar-refractivity contribution in [3.8, 4) is 0 Å². The lowest BCUT2D eigenvalue weighted by Crippen LogP contribution is -2.23. The van der Waals surface area contributed by atoms with Crippen LogP contribution in [0.5, 0.6) is 0 Å². The quantitative estimate of drug-likeness (QED) is 0.563. The second-order valence-corrected chi connectivity index (χ2v) is 2.48. The maximum absolute atomic E-state index is 5.71. The molecule has 0 spiro atoms. The lowest BCUT2D eigenvalue weighted by atomic mass is 10.1. The molecule has 0 rings (SSSR count). The van der Waals surface area contributed by atoms with Crippen molar-refractivity contribution in [1.82, 2.24) is 0 Å². The van der Waals surface area contributed by atoms with Crippen LogP contribution in [0.25, 0.3) is 0 Å². The number of nitrogens with two attached hydrogens (primary N) is 2. The SMILES string of the molecule is C/C=C/CCC(N)CCN. The van der Waals surface area contributed by atoms with Crippen LogP contribution in [0.3, 0.4) is 0 Å². The van der Waals surface area contributed by atoms with Crippen LogP contribution in [-0.4, -0.2) is 12.6 Å². The van der Waals surface area contributed by atoms with Crippen molar-refractivity contribution in [3.05, 3.63) is 12.2 Å². The van der Waals surface area contributed by atoms with E-state index in [1.54, 1.807) is 0 Å². The third kappa shape index (κ3) is 5.79. The van der Waals surface area contributed by atoms with Gasteiger partial charge in [0.2, 0.25) is 0 Å². The molecule has 0 fully saturated rings. The van der Waals surface area contributed by atoms with Crippen LogP contribution >= 0.6 is 0 Å². The number of allylic oxidation sites excluding steroid dienone is 2. The van der Waals surface area contributed by atoms with Gasteiger partial charge in [-0.05, 0) is 32.7 Å². The van der Waals surface area contributed by atoms with Gasteiger partial charge in [-0.3, -0.25) is 0 Å². The van der Waals surface area contributed by atoms with Gasteiger partial charge in [0.15, 0.2) is 0 Å². The molecule has 0 bridgehead atoms. The van der Waals surface area contributed by atoms with Crippen molar-refractivity contribution in [2.45, 2.75) is 32.2 Å². The molecule has 2 heteroatoms. The molecule has 1 unspecified atom stereocenters. The molecular formula is C8H18N2. The predicted molar refractivity (Wildman–Crippen MR) is 45.7 cm³/mol. The van der Waals surface area contributed by atoms with E-state index in [4.69, 9.17) is 11.5 Å². The van der Waals surface area contributed by atoms with Gasteiger partial charge in [-0.2, -0.15) is 0 Å². The molecule has 0 aliphatic rings. The summed E-state index contributed by atoms with van der Waals surface area (Å²) in [5.41, 5.74) is 11.0. The Kier molecular flexibility index (Phi) is 6.55. The van der Waals surface area contributed by atoms with Crippen LogP contribution in [0.1, 0.15) is 26.2 Å². The summed E-state index contributed by atoms with van der Waals surface area (Å²) in [6, 6.07) is 0.293. The maximum Gasteiger partial charge on any atom is 0.00537 e. The van der Waals surface area contributed by atoms with Crippen molar-refractivity contribution in [3.63, 3.8) is 0 Å². The summed E-state index contributed by atoms with van der Waals surface area (Å²) >= 11 is 0. The topological polar surface area (TPSA) is 52.0 Å². The summed E-state index contributed by atoms with van der Waals surface area (Å²) in [4.78, 5) is 0. The zero-order valence-electron chi connectivity index (χ0n) is 6.72. The third-order valence-corrected chi connectivity index (χ3v) is 1.48. The van der Waals surface area contributed by atoms with Crippen LogP contribution in [0.4, 0.5) is 0 Å². The Morgan fingerprint density at radius 1 is 1.40 bits per heavy atom. The molecule has 0 radical (unpaired) electrons. The van der Waals surface area contributed by atoms with Gasteiger partial charge in [0.05, 0.1) is 0 Å². The summed E-state index contributed by atoms with van der Waals surface area (Å²) in [5, 5.41) is 0. The van der Waals surface area contributed by atoms with Gasteiger partial charge >= 0.3 is 0 Å². The average Bonchev–Trinajstić information content (AvgIpc) is 1.89. The lowest BCUT2D eigenvalue weighted by molar-refractivity contribution is 0.581. The predicted octanol–water partition coefficient (Wildman–Crippen LogP) is 1.02. The lowest BCUT2D eigenvalue weighted by Gasteiger charge is -2.06. The first-order chi connectivity index (χ1) is 4.81. The van der Waals surface area contributed by atoms with Crippen LogP contribution in [-0.2, 0) is 0 Å². The monoisotopic (exact) mass is 142 g/mol. The van der Waals surface area contributed by atoms with E-state index >= 15 is 0 Å². The minimum atomic E-state index is 0.293. The molecule has 0 saturated heterocycles. The smallest absolute Gasteiger partial charge is 0.00537 e. The van der Waals surface area contributed by atoms with Crippen molar-refractivity contribution in [1.29, 1.82) is 0 Å². The Bertz CT molecular complexity index is 89.3. The first-order valence-corrected chi connectivity index (χ1v) is 3.88. The number of rotatable bonds is 5. The highest BCUT2D eigenvalue weighted by Crippen LogP contribution is 1.98. The standard InChI is InChI=1S/C8H18N2/c1-2-3-4-5-8(10)6-7-9/h2-3,8H,4-7,9-10H2,1H3/b3-2+. The van der Waals surface area contributed by atoms with Crippen molar-refractivity contribution >= 4 is 0 Å². The Balaban J connectivity index is 3.12. The van der Waals surface area contributed by atoms with Gasteiger partial charge in [-0.15, -0.1) is 0 Å². The van der Waals surface area contributed by atoms with Gasteiger partial charge in [0.1, 0.15) is 0 Å². The largest absolute Gasteiger partial charge is 0.330 e. The molecule has 0 aromatic rings. The van der Waals surface area contributed by atoms with Crippen molar-refractivity contribution in [2.75, 3.05) is 6.54 Å². The van der Waals surface area contributed by atoms with E-state index in [1.807, 2.05) is 6.92 Å². The van der Waals surface area contributed by atoms with Crippen LogP contribution in [0, 0.1) is 0 Å². The molecule has 0 saturated carbocycles. The normalized spacial score (nSPS) is 14.3. The zero-order chi connectivity index (χ0) is 7.82. The summed E-state index contributed by atoms with van der Waals surface area (Å²) < 4.78 is 0. The molecule has 10 heavy (non-hydrogen) atoms. The van der Waals surface area contributed by atoms with Gasteiger partial charge in [-0.1, -0.05) is 12.2 Å². The second kappa shape index (κ2) is 6.78. The van der Waals surface area contributed by atoms with Gasteiger partial charge < -0.3 is 11.5 Å². The fraction of sp³-hybridized carbons (Fsp3) is 0.750. The van der Waals surface area contributed by atoms with Crippen LogP contribution in [0.2, 0.25) is 0 Å². The average molecular weight is 142 g/mol. The maximum atomic E-state index is 5.71. The molecule has 60 valence electrons.